The SMILES string of the molecule is CC1CCC(C)N(S(=O)(=O)c2ccc(C(=O)O)cc2Br)C1. The summed E-state index contributed by atoms with van der Waals surface area (Å²) in [4.78, 5) is 11.0. The Morgan fingerprint density at radius 1 is 1.33 bits per heavy atom. The van der Waals surface area contributed by atoms with Gasteiger partial charge in [-0.2, -0.15) is 4.31 Å². The maximum atomic E-state index is 12.8. The number of carboxylic acid groups (broad SMARTS) is 1. The summed E-state index contributed by atoms with van der Waals surface area (Å²) < 4.78 is 27.4. The lowest BCUT2D eigenvalue weighted by atomic mass is 9.97. The summed E-state index contributed by atoms with van der Waals surface area (Å²) in [7, 11) is -3.62. The molecule has 1 aliphatic rings. The summed E-state index contributed by atoms with van der Waals surface area (Å²) in [6, 6.07) is 3.96. The van der Waals surface area contributed by atoms with Crippen LogP contribution in [0.15, 0.2) is 27.6 Å². The monoisotopic (exact) mass is 375 g/mol. The summed E-state index contributed by atoms with van der Waals surface area (Å²) in [6.07, 6.45) is 1.86. The van der Waals surface area contributed by atoms with Crippen molar-refractivity contribution in [2.45, 2.75) is 37.6 Å². The molecule has 1 aromatic rings. The van der Waals surface area contributed by atoms with Crippen molar-refractivity contribution in [2.75, 3.05) is 6.54 Å². The van der Waals surface area contributed by atoms with Crippen LogP contribution in [0.1, 0.15) is 37.0 Å². The zero-order valence-corrected chi connectivity index (χ0v) is 14.3. The predicted molar refractivity (Wildman–Crippen MR) is 82.9 cm³/mol. The van der Waals surface area contributed by atoms with E-state index in [0.29, 0.717) is 12.5 Å². The fraction of sp³-hybridized carbons (Fsp3) is 0.500. The molecule has 1 aliphatic heterocycles. The van der Waals surface area contributed by atoms with Gasteiger partial charge in [0.05, 0.1) is 10.5 Å². The molecule has 21 heavy (non-hydrogen) atoms. The third-order valence-corrected chi connectivity index (χ3v) is 6.78. The lowest BCUT2D eigenvalue weighted by Gasteiger charge is -2.35. The maximum Gasteiger partial charge on any atom is 0.335 e. The molecule has 2 atom stereocenters. The van der Waals surface area contributed by atoms with Gasteiger partial charge in [-0.3, -0.25) is 0 Å². The molecule has 0 amide bonds. The third-order valence-electron chi connectivity index (χ3n) is 3.83. The molecule has 1 aromatic carbocycles. The van der Waals surface area contributed by atoms with E-state index < -0.39 is 16.0 Å². The largest absolute Gasteiger partial charge is 0.478 e. The van der Waals surface area contributed by atoms with Crippen LogP contribution in [0.4, 0.5) is 0 Å². The molecule has 2 rings (SSSR count). The van der Waals surface area contributed by atoms with Crippen LogP contribution in [0.3, 0.4) is 0 Å². The Kier molecular flexibility index (Phi) is 4.75. The molecule has 116 valence electrons. The first-order valence-electron chi connectivity index (χ1n) is 6.78. The summed E-state index contributed by atoms with van der Waals surface area (Å²) in [5, 5.41) is 8.95. The van der Waals surface area contributed by atoms with E-state index in [4.69, 9.17) is 5.11 Å². The summed E-state index contributed by atoms with van der Waals surface area (Å²) in [6.45, 7) is 4.44. The number of carboxylic acids is 1. The number of hydrogen-bond donors (Lipinski definition) is 1. The van der Waals surface area contributed by atoms with Crippen LogP contribution >= 0.6 is 15.9 Å². The second-order valence-corrected chi connectivity index (χ2v) is 8.27. The zero-order valence-electron chi connectivity index (χ0n) is 11.9. The molecule has 2 unspecified atom stereocenters. The maximum absolute atomic E-state index is 12.8. The average molecular weight is 376 g/mol. The van der Waals surface area contributed by atoms with Gasteiger partial charge in [-0.15, -0.1) is 0 Å². The highest BCUT2D eigenvalue weighted by molar-refractivity contribution is 9.10. The molecule has 0 aliphatic carbocycles. The highest BCUT2D eigenvalue weighted by Crippen LogP contribution is 2.31. The normalized spacial score (nSPS) is 24.0. The van der Waals surface area contributed by atoms with Crippen LogP contribution in [-0.4, -0.2) is 36.4 Å². The Balaban J connectivity index is 2.41. The number of halogens is 1. The van der Waals surface area contributed by atoms with E-state index in [-0.39, 0.29) is 21.0 Å². The van der Waals surface area contributed by atoms with Gasteiger partial charge in [0, 0.05) is 17.1 Å². The van der Waals surface area contributed by atoms with Gasteiger partial charge in [0.2, 0.25) is 10.0 Å². The molecule has 1 N–H and O–H groups in total. The molecule has 1 fully saturated rings. The van der Waals surface area contributed by atoms with Crippen molar-refractivity contribution in [1.29, 1.82) is 0 Å². The zero-order chi connectivity index (χ0) is 15.8. The van der Waals surface area contributed by atoms with Crippen molar-refractivity contribution in [3.05, 3.63) is 28.2 Å². The average Bonchev–Trinajstić information content (AvgIpc) is 2.40. The summed E-state index contributed by atoms with van der Waals surface area (Å²) in [5.74, 6) is -0.757. The van der Waals surface area contributed by atoms with Crippen LogP contribution in [0.25, 0.3) is 0 Å². The van der Waals surface area contributed by atoms with Crippen molar-refractivity contribution >= 4 is 31.9 Å². The van der Waals surface area contributed by atoms with Gasteiger partial charge in [0.25, 0.3) is 0 Å². The van der Waals surface area contributed by atoms with Gasteiger partial charge in [-0.05, 0) is 59.8 Å². The molecule has 0 saturated carbocycles. The number of rotatable bonds is 3. The Morgan fingerprint density at radius 2 is 2.00 bits per heavy atom. The van der Waals surface area contributed by atoms with Gasteiger partial charge in [0.1, 0.15) is 0 Å². The number of benzene rings is 1. The number of sulfonamides is 1. The van der Waals surface area contributed by atoms with E-state index >= 15 is 0 Å². The van der Waals surface area contributed by atoms with E-state index in [2.05, 4.69) is 15.9 Å². The number of piperidine rings is 1. The van der Waals surface area contributed by atoms with Crippen molar-refractivity contribution in [1.82, 2.24) is 4.31 Å². The van der Waals surface area contributed by atoms with Crippen LogP contribution < -0.4 is 0 Å². The minimum atomic E-state index is -3.62. The second kappa shape index (κ2) is 6.06. The Hall–Kier alpha value is -0.920. The van der Waals surface area contributed by atoms with Gasteiger partial charge in [0.15, 0.2) is 0 Å². The fourth-order valence-corrected chi connectivity index (χ4v) is 5.37. The second-order valence-electron chi connectivity index (χ2n) is 5.56. The summed E-state index contributed by atoms with van der Waals surface area (Å²) in [5.41, 5.74) is 0.0564. The van der Waals surface area contributed by atoms with E-state index in [1.165, 1.54) is 22.5 Å². The van der Waals surface area contributed by atoms with Crippen LogP contribution in [-0.2, 0) is 10.0 Å². The lowest BCUT2D eigenvalue weighted by molar-refractivity contribution is 0.0696. The Morgan fingerprint density at radius 3 is 2.57 bits per heavy atom. The smallest absolute Gasteiger partial charge is 0.335 e. The first kappa shape index (κ1) is 16.5. The van der Waals surface area contributed by atoms with Gasteiger partial charge in [-0.1, -0.05) is 6.92 Å². The van der Waals surface area contributed by atoms with E-state index in [1.54, 1.807) is 0 Å². The van der Waals surface area contributed by atoms with Gasteiger partial charge >= 0.3 is 5.97 Å². The predicted octanol–water partition coefficient (Wildman–Crippen LogP) is 2.96. The number of nitrogens with zero attached hydrogens (tertiary/aromatic N) is 1. The number of carbonyl (C=O) groups is 1. The fourth-order valence-electron chi connectivity index (χ4n) is 2.55. The molecular weight excluding hydrogens is 358 g/mol. The van der Waals surface area contributed by atoms with Crippen LogP contribution in [0.5, 0.6) is 0 Å². The topological polar surface area (TPSA) is 74.7 Å². The van der Waals surface area contributed by atoms with E-state index in [9.17, 15) is 13.2 Å². The highest BCUT2D eigenvalue weighted by Gasteiger charge is 2.34. The third kappa shape index (κ3) is 3.30. The quantitative estimate of drug-likeness (QED) is 0.880. The number of aromatic carboxylic acids is 1. The molecule has 7 heteroatoms. The van der Waals surface area contributed by atoms with Crippen molar-refractivity contribution in [3.8, 4) is 0 Å². The molecule has 1 heterocycles. The van der Waals surface area contributed by atoms with Gasteiger partial charge in [-0.25, -0.2) is 13.2 Å². The number of hydrogen-bond acceptors (Lipinski definition) is 3. The van der Waals surface area contributed by atoms with Crippen LogP contribution in [0, 0.1) is 5.92 Å². The first-order valence-corrected chi connectivity index (χ1v) is 9.01. The molecular formula is C14H18BrNO4S. The summed E-state index contributed by atoms with van der Waals surface area (Å²) >= 11 is 3.18. The van der Waals surface area contributed by atoms with Crippen molar-refractivity contribution in [3.63, 3.8) is 0 Å². The van der Waals surface area contributed by atoms with Crippen molar-refractivity contribution < 1.29 is 18.3 Å². The molecule has 5 nitrogen and oxygen atoms in total. The molecule has 0 radical (unpaired) electrons. The Bertz CT molecular complexity index is 659. The van der Waals surface area contributed by atoms with E-state index in [0.717, 1.165) is 12.8 Å². The minimum Gasteiger partial charge on any atom is -0.478 e. The highest BCUT2D eigenvalue weighted by atomic mass is 79.9. The molecule has 1 saturated heterocycles. The van der Waals surface area contributed by atoms with Crippen LogP contribution in [0.2, 0.25) is 0 Å². The minimum absolute atomic E-state index is 0.0442. The molecule has 0 spiro atoms. The molecule has 0 bridgehead atoms. The Labute approximate surface area is 133 Å². The molecule has 0 aromatic heterocycles. The van der Waals surface area contributed by atoms with E-state index in [1.807, 2.05) is 13.8 Å². The first-order chi connectivity index (χ1) is 9.73. The van der Waals surface area contributed by atoms with Gasteiger partial charge < -0.3 is 5.11 Å². The van der Waals surface area contributed by atoms with Crippen molar-refractivity contribution in [2.24, 2.45) is 5.92 Å². The lowest BCUT2D eigenvalue weighted by Crippen LogP contribution is -2.44. The standard InChI is InChI=1S/C14H18BrNO4S/c1-9-3-4-10(2)16(8-9)21(19,20)13-6-5-11(14(17)18)7-12(13)15/h5-7,9-10H,3-4,8H2,1-2H3,(H,17,18).